The van der Waals surface area contributed by atoms with E-state index in [1.54, 1.807) is 7.11 Å². The molecular formula is C16H15NO. The highest BCUT2D eigenvalue weighted by molar-refractivity contribution is 5.96. The minimum absolute atomic E-state index is 0.919. The van der Waals surface area contributed by atoms with Crippen LogP contribution in [0.25, 0.3) is 21.8 Å². The minimum atomic E-state index is 0.919. The molecule has 0 amide bonds. The van der Waals surface area contributed by atoms with Gasteiger partial charge in [0.05, 0.1) is 18.1 Å². The first kappa shape index (κ1) is 11.0. The number of pyridine rings is 1. The van der Waals surface area contributed by atoms with E-state index in [-0.39, 0.29) is 0 Å². The van der Waals surface area contributed by atoms with Crippen LogP contribution in [0.5, 0.6) is 5.75 Å². The van der Waals surface area contributed by atoms with Crippen LogP contribution in [0.4, 0.5) is 0 Å². The fourth-order valence-corrected chi connectivity index (χ4v) is 2.36. The van der Waals surface area contributed by atoms with Gasteiger partial charge in [-0.3, -0.25) is 0 Å². The Morgan fingerprint density at radius 2 is 1.78 bits per heavy atom. The largest absolute Gasteiger partial charge is 0.496 e. The number of hydrogen-bond donors (Lipinski definition) is 0. The normalized spacial score (nSPS) is 11.1. The Labute approximate surface area is 106 Å². The molecular weight excluding hydrogens is 222 g/mol. The average Bonchev–Trinajstić information content (AvgIpc) is 2.36. The summed E-state index contributed by atoms with van der Waals surface area (Å²) in [5.74, 6) is 0.919. The van der Waals surface area contributed by atoms with E-state index in [9.17, 15) is 0 Å². The van der Waals surface area contributed by atoms with Crippen LogP contribution in [0.1, 0.15) is 11.1 Å². The van der Waals surface area contributed by atoms with E-state index in [0.717, 1.165) is 33.1 Å². The number of aromatic nitrogens is 1. The zero-order valence-corrected chi connectivity index (χ0v) is 10.8. The van der Waals surface area contributed by atoms with Gasteiger partial charge in [0.25, 0.3) is 0 Å². The number of nitrogens with zero attached hydrogens (tertiary/aromatic N) is 1. The Hall–Kier alpha value is -2.09. The van der Waals surface area contributed by atoms with Gasteiger partial charge in [0.1, 0.15) is 5.75 Å². The standard InChI is InChI=1S/C16H15NO/c1-10-4-6-12-9-13-14(17-15(12)8-10)7-5-11(2)16(13)18-3/h4-9H,1-3H3. The second kappa shape index (κ2) is 3.98. The topological polar surface area (TPSA) is 22.1 Å². The van der Waals surface area contributed by atoms with Crippen LogP contribution in [-0.4, -0.2) is 12.1 Å². The summed E-state index contributed by atoms with van der Waals surface area (Å²) in [5.41, 5.74) is 4.38. The summed E-state index contributed by atoms with van der Waals surface area (Å²) in [6.07, 6.45) is 0. The van der Waals surface area contributed by atoms with Gasteiger partial charge in [0.2, 0.25) is 0 Å². The second-order valence-electron chi connectivity index (χ2n) is 4.67. The van der Waals surface area contributed by atoms with Crippen LogP contribution >= 0.6 is 0 Å². The first-order valence-corrected chi connectivity index (χ1v) is 6.04. The quantitative estimate of drug-likeness (QED) is 0.596. The summed E-state index contributed by atoms with van der Waals surface area (Å²) >= 11 is 0. The van der Waals surface area contributed by atoms with E-state index in [4.69, 9.17) is 9.72 Å². The molecule has 0 aliphatic carbocycles. The van der Waals surface area contributed by atoms with Gasteiger partial charge < -0.3 is 4.74 Å². The molecule has 1 aromatic heterocycles. The lowest BCUT2D eigenvalue weighted by atomic mass is 10.1. The predicted octanol–water partition coefficient (Wildman–Crippen LogP) is 4.01. The zero-order chi connectivity index (χ0) is 12.7. The molecule has 0 spiro atoms. The third kappa shape index (κ3) is 1.61. The van der Waals surface area contributed by atoms with E-state index in [1.807, 2.05) is 0 Å². The molecule has 0 bridgehead atoms. The Morgan fingerprint density at radius 1 is 0.944 bits per heavy atom. The van der Waals surface area contributed by atoms with E-state index in [2.05, 4.69) is 50.2 Å². The van der Waals surface area contributed by atoms with Gasteiger partial charge in [-0.25, -0.2) is 4.98 Å². The van der Waals surface area contributed by atoms with Gasteiger partial charge in [-0.15, -0.1) is 0 Å². The van der Waals surface area contributed by atoms with Crippen molar-refractivity contribution < 1.29 is 4.74 Å². The Kier molecular flexibility index (Phi) is 2.44. The maximum Gasteiger partial charge on any atom is 0.131 e. The first-order valence-electron chi connectivity index (χ1n) is 6.04. The molecule has 2 heteroatoms. The predicted molar refractivity (Wildman–Crippen MR) is 75.3 cm³/mol. The van der Waals surface area contributed by atoms with E-state index in [1.165, 1.54) is 5.56 Å². The summed E-state index contributed by atoms with van der Waals surface area (Å²) in [6.45, 7) is 4.14. The van der Waals surface area contributed by atoms with Crippen molar-refractivity contribution in [3.63, 3.8) is 0 Å². The van der Waals surface area contributed by atoms with Crippen LogP contribution in [0, 0.1) is 13.8 Å². The molecule has 0 radical (unpaired) electrons. The molecule has 0 aliphatic rings. The molecule has 3 aromatic rings. The van der Waals surface area contributed by atoms with E-state index >= 15 is 0 Å². The summed E-state index contributed by atoms with van der Waals surface area (Å²) in [6, 6.07) is 12.6. The fraction of sp³-hybridized carbons (Fsp3) is 0.188. The molecule has 0 atom stereocenters. The molecule has 1 heterocycles. The number of ether oxygens (including phenoxy) is 1. The minimum Gasteiger partial charge on any atom is -0.496 e. The fourth-order valence-electron chi connectivity index (χ4n) is 2.36. The maximum atomic E-state index is 5.49. The number of fused-ring (bicyclic) bond motifs is 2. The number of hydrogen-bond acceptors (Lipinski definition) is 2. The number of benzene rings is 2. The lowest BCUT2D eigenvalue weighted by Crippen LogP contribution is -1.91. The van der Waals surface area contributed by atoms with Gasteiger partial charge in [0, 0.05) is 10.8 Å². The number of aryl methyl sites for hydroxylation is 2. The SMILES string of the molecule is COc1c(C)ccc2nc3cc(C)ccc3cc12. The smallest absolute Gasteiger partial charge is 0.131 e. The van der Waals surface area contributed by atoms with Crippen molar-refractivity contribution in [1.82, 2.24) is 4.98 Å². The van der Waals surface area contributed by atoms with Crippen LogP contribution in [-0.2, 0) is 0 Å². The Morgan fingerprint density at radius 3 is 2.56 bits per heavy atom. The number of methoxy groups -OCH3 is 1. The van der Waals surface area contributed by atoms with Gasteiger partial charge in [0.15, 0.2) is 0 Å². The lowest BCUT2D eigenvalue weighted by molar-refractivity contribution is 0.417. The summed E-state index contributed by atoms with van der Waals surface area (Å²) in [7, 11) is 1.71. The van der Waals surface area contributed by atoms with E-state index < -0.39 is 0 Å². The molecule has 0 aliphatic heterocycles. The molecule has 90 valence electrons. The molecule has 0 N–H and O–H groups in total. The van der Waals surface area contributed by atoms with Crippen molar-refractivity contribution in [2.24, 2.45) is 0 Å². The van der Waals surface area contributed by atoms with Crippen molar-refractivity contribution in [2.75, 3.05) is 7.11 Å². The highest BCUT2D eigenvalue weighted by Crippen LogP contribution is 2.30. The maximum absolute atomic E-state index is 5.49. The molecule has 0 unspecified atom stereocenters. The Bertz CT molecular complexity index is 747. The monoisotopic (exact) mass is 237 g/mol. The van der Waals surface area contributed by atoms with Crippen LogP contribution in [0.15, 0.2) is 36.4 Å². The summed E-state index contributed by atoms with van der Waals surface area (Å²) in [5, 5.41) is 2.23. The van der Waals surface area contributed by atoms with E-state index in [0.29, 0.717) is 0 Å². The third-order valence-electron chi connectivity index (χ3n) is 3.30. The second-order valence-corrected chi connectivity index (χ2v) is 4.67. The molecule has 2 aromatic carbocycles. The van der Waals surface area contributed by atoms with Gasteiger partial charge in [-0.2, -0.15) is 0 Å². The van der Waals surface area contributed by atoms with Crippen LogP contribution in [0.3, 0.4) is 0 Å². The van der Waals surface area contributed by atoms with Crippen LogP contribution in [0.2, 0.25) is 0 Å². The summed E-state index contributed by atoms with van der Waals surface area (Å²) < 4.78 is 5.49. The first-order chi connectivity index (χ1) is 8.69. The Balaban J connectivity index is 2.44. The number of rotatable bonds is 1. The highest BCUT2D eigenvalue weighted by Gasteiger charge is 2.07. The molecule has 0 saturated heterocycles. The van der Waals surface area contributed by atoms with Crippen LogP contribution < -0.4 is 4.74 Å². The molecule has 0 saturated carbocycles. The average molecular weight is 237 g/mol. The van der Waals surface area contributed by atoms with Crippen molar-refractivity contribution in [2.45, 2.75) is 13.8 Å². The molecule has 18 heavy (non-hydrogen) atoms. The zero-order valence-electron chi connectivity index (χ0n) is 10.8. The third-order valence-corrected chi connectivity index (χ3v) is 3.30. The van der Waals surface area contributed by atoms with Gasteiger partial charge >= 0.3 is 0 Å². The van der Waals surface area contributed by atoms with Gasteiger partial charge in [-0.1, -0.05) is 18.2 Å². The van der Waals surface area contributed by atoms with Gasteiger partial charge in [-0.05, 0) is 43.2 Å². The molecule has 3 rings (SSSR count). The van der Waals surface area contributed by atoms with Crippen molar-refractivity contribution in [3.05, 3.63) is 47.5 Å². The molecule has 2 nitrogen and oxygen atoms in total. The van der Waals surface area contributed by atoms with Crippen molar-refractivity contribution in [1.29, 1.82) is 0 Å². The lowest BCUT2D eigenvalue weighted by Gasteiger charge is -2.09. The summed E-state index contributed by atoms with van der Waals surface area (Å²) in [4.78, 5) is 4.71. The highest BCUT2D eigenvalue weighted by atomic mass is 16.5. The van der Waals surface area contributed by atoms with Crippen molar-refractivity contribution in [3.8, 4) is 5.75 Å². The van der Waals surface area contributed by atoms with Crippen molar-refractivity contribution >= 4 is 21.8 Å². The molecule has 0 fully saturated rings.